The normalized spacial score (nSPS) is 14.2. The van der Waals surface area contributed by atoms with Gasteiger partial charge in [-0.25, -0.2) is 9.71 Å². The van der Waals surface area contributed by atoms with Crippen LogP contribution in [0.1, 0.15) is 40.5 Å². The highest BCUT2D eigenvalue weighted by molar-refractivity contribution is 7.90. The molecule has 126 valence electrons. The van der Waals surface area contributed by atoms with Crippen LogP contribution in [0.2, 0.25) is 0 Å². The number of carbonyl (C=O) groups is 1. The number of aryl methyl sites for hydroxylation is 1. The molecule has 0 bridgehead atoms. The van der Waals surface area contributed by atoms with Gasteiger partial charge in [0.05, 0.1) is 7.11 Å². The Kier molecular flexibility index (Phi) is 4.18. The summed E-state index contributed by atoms with van der Waals surface area (Å²) in [7, 11) is -2.61. The summed E-state index contributed by atoms with van der Waals surface area (Å²) in [6, 6.07) is 4.43. The van der Waals surface area contributed by atoms with Crippen LogP contribution in [-0.4, -0.2) is 36.6 Å². The van der Waals surface area contributed by atoms with Crippen LogP contribution in [0.3, 0.4) is 0 Å². The second-order valence-corrected chi connectivity index (χ2v) is 7.19. The Morgan fingerprint density at radius 2 is 2.04 bits per heavy atom. The number of sulfonamides is 1. The number of hydrogen-bond acceptors (Lipinski definition) is 7. The van der Waals surface area contributed by atoms with Crippen LogP contribution in [0, 0.1) is 6.92 Å². The monoisotopic (exact) mass is 348 g/mol. The van der Waals surface area contributed by atoms with Crippen LogP contribution in [0.15, 0.2) is 29.4 Å². The van der Waals surface area contributed by atoms with Gasteiger partial charge in [0.15, 0.2) is 10.7 Å². The molecule has 0 radical (unpaired) electrons. The summed E-state index contributed by atoms with van der Waals surface area (Å²) >= 11 is 0. The van der Waals surface area contributed by atoms with Crippen molar-refractivity contribution in [2.45, 2.75) is 30.7 Å². The lowest BCUT2D eigenvalue weighted by molar-refractivity contribution is 0.0975. The molecule has 2 heterocycles. The van der Waals surface area contributed by atoms with Gasteiger partial charge in [-0.3, -0.25) is 4.79 Å². The smallest absolute Gasteiger partial charge is 0.285 e. The molecule has 0 saturated heterocycles. The Labute approximate surface area is 139 Å². The highest BCUT2D eigenvalue weighted by atomic mass is 32.2. The maximum Gasteiger partial charge on any atom is 0.285 e. The minimum absolute atomic E-state index is 0.132. The van der Waals surface area contributed by atoms with Crippen molar-refractivity contribution < 1.29 is 17.9 Å². The van der Waals surface area contributed by atoms with E-state index >= 15 is 0 Å². The van der Waals surface area contributed by atoms with E-state index in [4.69, 9.17) is 4.74 Å². The zero-order valence-electron chi connectivity index (χ0n) is 13.2. The minimum atomic E-state index is -4.08. The molecule has 2 aromatic rings. The van der Waals surface area contributed by atoms with Crippen molar-refractivity contribution in [2.75, 3.05) is 7.11 Å². The summed E-state index contributed by atoms with van der Waals surface area (Å²) in [6.07, 6.45) is 3.37. The van der Waals surface area contributed by atoms with Crippen molar-refractivity contribution in [2.24, 2.45) is 0 Å². The molecule has 24 heavy (non-hydrogen) atoms. The number of nitrogens with zero attached hydrogens (tertiary/aromatic N) is 3. The van der Waals surface area contributed by atoms with Gasteiger partial charge in [0.25, 0.3) is 15.9 Å². The number of amides is 1. The molecule has 0 unspecified atom stereocenters. The second kappa shape index (κ2) is 6.16. The first-order chi connectivity index (χ1) is 11.4. The van der Waals surface area contributed by atoms with Crippen molar-refractivity contribution >= 4 is 15.9 Å². The first-order valence-electron chi connectivity index (χ1n) is 7.32. The number of pyridine rings is 1. The highest BCUT2D eigenvalue weighted by Crippen LogP contribution is 2.42. The summed E-state index contributed by atoms with van der Waals surface area (Å²) in [5.74, 6) is -0.153. The molecule has 0 atom stereocenters. The van der Waals surface area contributed by atoms with E-state index in [9.17, 15) is 13.2 Å². The molecule has 1 N–H and O–H groups in total. The molecular formula is C15H16N4O4S. The van der Waals surface area contributed by atoms with Gasteiger partial charge in [-0.1, -0.05) is 0 Å². The van der Waals surface area contributed by atoms with Gasteiger partial charge in [0.2, 0.25) is 0 Å². The predicted octanol–water partition coefficient (Wildman–Crippen LogP) is 1.18. The van der Waals surface area contributed by atoms with E-state index in [1.165, 1.54) is 25.4 Å². The Balaban J connectivity index is 1.84. The number of hydrogen-bond donors (Lipinski definition) is 1. The SMILES string of the molecule is COc1cc(C(=O)NS(=O)(=O)c2cc(C)ccn2)nnc1C1CC1. The van der Waals surface area contributed by atoms with E-state index in [0.29, 0.717) is 22.9 Å². The number of carbonyl (C=O) groups excluding carboxylic acids is 1. The summed E-state index contributed by atoms with van der Waals surface area (Å²) in [4.78, 5) is 16.0. The number of aromatic nitrogens is 3. The van der Waals surface area contributed by atoms with E-state index < -0.39 is 15.9 Å². The lowest BCUT2D eigenvalue weighted by Gasteiger charge is -2.09. The maximum absolute atomic E-state index is 12.2. The van der Waals surface area contributed by atoms with E-state index in [2.05, 4.69) is 15.2 Å². The van der Waals surface area contributed by atoms with Crippen LogP contribution in [0.25, 0.3) is 0 Å². The molecule has 8 nitrogen and oxygen atoms in total. The molecule has 1 saturated carbocycles. The van der Waals surface area contributed by atoms with Crippen LogP contribution >= 0.6 is 0 Å². The fourth-order valence-corrected chi connectivity index (χ4v) is 3.17. The summed E-state index contributed by atoms with van der Waals surface area (Å²) in [5, 5.41) is 7.59. The van der Waals surface area contributed by atoms with Crippen molar-refractivity contribution in [1.82, 2.24) is 19.9 Å². The average molecular weight is 348 g/mol. The van der Waals surface area contributed by atoms with Crippen molar-refractivity contribution in [3.05, 3.63) is 41.3 Å². The van der Waals surface area contributed by atoms with Gasteiger partial charge in [0.1, 0.15) is 11.4 Å². The summed E-state index contributed by atoms with van der Waals surface area (Å²) in [5.41, 5.74) is 1.28. The van der Waals surface area contributed by atoms with E-state index in [1.807, 2.05) is 4.72 Å². The third kappa shape index (κ3) is 3.35. The molecule has 1 fully saturated rings. The molecule has 0 aromatic carbocycles. The van der Waals surface area contributed by atoms with Crippen LogP contribution in [0.5, 0.6) is 5.75 Å². The number of nitrogens with one attached hydrogen (secondary N) is 1. The Hall–Kier alpha value is -2.55. The second-order valence-electron chi connectivity index (χ2n) is 5.56. The molecular weight excluding hydrogens is 332 g/mol. The van der Waals surface area contributed by atoms with E-state index in [0.717, 1.165) is 12.8 Å². The molecule has 3 rings (SSSR count). The Bertz CT molecular complexity index is 894. The fourth-order valence-electron chi connectivity index (χ4n) is 2.18. The van der Waals surface area contributed by atoms with Gasteiger partial charge < -0.3 is 4.74 Å². The van der Waals surface area contributed by atoms with Crippen molar-refractivity contribution in [3.8, 4) is 5.75 Å². The average Bonchev–Trinajstić information content (AvgIpc) is 3.38. The third-order valence-electron chi connectivity index (χ3n) is 3.60. The molecule has 2 aromatic heterocycles. The van der Waals surface area contributed by atoms with Gasteiger partial charge >= 0.3 is 0 Å². The fraction of sp³-hybridized carbons (Fsp3) is 0.333. The lowest BCUT2D eigenvalue weighted by Crippen LogP contribution is -2.32. The number of rotatable bonds is 5. The first kappa shape index (κ1) is 16.3. The van der Waals surface area contributed by atoms with Crippen LogP contribution in [0.4, 0.5) is 0 Å². The minimum Gasteiger partial charge on any atom is -0.495 e. The van der Waals surface area contributed by atoms with E-state index in [-0.39, 0.29) is 10.7 Å². The first-order valence-corrected chi connectivity index (χ1v) is 8.80. The van der Waals surface area contributed by atoms with Gasteiger partial charge in [0, 0.05) is 18.2 Å². The quantitative estimate of drug-likeness (QED) is 0.863. The van der Waals surface area contributed by atoms with Crippen LogP contribution < -0.4 is 9.46 Å². The van der Waals surface area contributed by atoms with E-state index in [1.54, 1.807) is 13.0 Å². The largest absolute Gasteiger partial charge is 0.495 e. The predicted molar refractivity (Wildman–Crippen MR) is 84.2 cm³/mol. The molecule has 1 aliphatic carbocycles. The van der Waals surface area contributed by atoms with Crippen molar-refractivity contribution in [3.63, 3.8) is 0 Å². The molecule has 0 spiro atoms. The number of ether oxygens (including phenoxy) is 1. The van der Waals surface area contributed by atoms with Gasteiger partial charge in [-0.15, -0.1) is 5.10 Å². The lowest BCUT2D eigenvalue weighted by atomic mass is 10.2. The number of methoxy groups -OCH3 is 1. The zero-order chi connectivity index (χ0) is 17.3. The molecule has 1 aliphatic rings. The van der Waals surface area contributed by atoms with Gasteiger partial charge in [-0.05, 0) is 37.5 Å². The maximum atomic E-state index is 12.2. The topological polar surface area (TPSA) is 111 Å². The molecule has 1 amide bonds. The molecule has 9 heteroatoms. The molecule has 0 aliphatic heterocycles. The highest BCUT2D eigenvalue weighted by Gasteiger charge is 2.30. The van der Waals surface area contributed by atoms with Crippen molar-refractivity contribution in [1.29, 1.82) is 0 Å². The standard InChI is InChI=1S/C15H16N4O4S/c1-9-5-6-16-13(7-9)24(21,22)19-15(20)11-8-12(23-2)14(18-17-11)10-3-4-10/h5-8,10H,3-4H2,1-2H3,(H,19,20). The summed E-state index contributed by atoms with van der Waals surface area (Å²) in [6.45, 7) is 1.73. The zero-order valence-corrected chi connectivity index (χ0v) is 14.0. The van der Waals surface area contributed by atoms with Crippen LogP contribution in [-0.2, 0) is 10.0 Å². The third-order valence-corrected chi connectivity index (χ3v) is 4.82. The Morgan fingerprint density at radius 3 is 2.67 bits per heavy atom. The Morgan fingerprint density at radius 1 is 1.29 bits per heavy atom. The summed E-state index contributed by atoms with van der Waals surface area (Å²) < 4.78 is 31.6. The van der Waals surface area contributed by atoms with Gasteiger partial charge in [-0.2, -0.15) is 13.5 Å².